The van der Waals surface area contributed by atoms with Gasteiger partial charge in [-0.05, 0) is 57.5 Å². The van der Waals surface area contributed by atoms with Crippen molar-refractivity contribution >= 4 is 11.6 Å². The Bertz CT molecular complexity index is 403. The van der Waals surface area contributed by atoms with Crippen LogP contribution < -0.4 is 4.74 Å². The van der Waals surface area contributed by atoms with Gasteiger partial charge in [0, 0.05) is 17.1 Å². The van der Waals surface area contributed by atoms with Crippen molar-refractivity contribution in [1.82, 2.24) is 4.90 Å². The Kier molecular flexibility index (Phi) is 5.49. The van der Waals surface area contributed by atoms with E-state index in [9.17, 15) is 5.11 Å². The van der Waals surface area contributed by atoms with Gasteiger partial charge in [-0.2, -0.15) is 0 Å². The van der Waals surface area contributed by atoms with E-state index in [0.717, 1.165) is 24.3 Å². The predicted octanol–water partition coefficient (Wildman–Crippen LogP) is 3.26. The van der Waals surface area contributed by atoms with E-state index in [1.54, 1.807) is 19.1 Å². The highest BCUT2D eigenvalue weighted by molar-refractivity contribution is 6.30. The monoisotopic (exact) mass is 283 g/mol. The van der Waals surface area contributed by atoms with Crippen LogP contribution in [0.2, 0.25) is 5.02 Å². The number of halogens is 1. The standard InChI is InChI=1S/C15H22ClNO2/c1-12(18)14-11-13(16)5-6-15(14)19-10-4-9-17-7-2-3-8-17/h5-6,11-12,18H,2-4,7-10H2,1H3. The molecule has 4 heteroatoms. The summed E-state index contributed by atoms with van der Waals surface area (Å²) < 4.78 is 5.77. The maximum Gasteiger partial charge on any atom is 0.125 e. The molecule has 1 unspecified atom stereocenters. The largest absolute Gasteiger partial charge is 0.493 e. The van der Waals surface area contributed by atoms with Gasteiger partial charge in [0.1, 0.15) is 5.75 Å². The first-order chi connectivity index (χ1) is 9.16. The summed E-state index contributed by atoms with van der Waals surface area (Å²) in [6.07, 6.45) is 3.10. The Morgan fingerprint density at radius 3 is 2.79 bits per heavy atom. The first-order valence-corrected chi connectivity index (χ1v) is 7.37. The van der Waals surface area contributed by atoms with Crippen LogP contribution in [0, 0.1) is 0 Å². The second kappa shape index (κ2) is 7.13. The molecule has 1 N–H and O–H groups in total. The van der Waals surface area contributed by atoms with Gasteiger partial charge in [0.25, 0.3) is 0 Å². The maximum atomic E-state index is 9.71. The normalized spacial score (nSPS) is 17.6. The Balaban J connectivity index is 1.81. The minimum absolute atomic E-state index is 0.563. The van der Waals surface area contributed by atoms with Gasteiger partial charge in [-0.25, -0.2) is 0 Å². The lowest BCUT2D eigenvalue weighted by atomic mass is 10.1. The molecule has 0 amide bonds. The molecule has 0 bridgehead atoms. The van der Waals surface area contributed by atoms with Gasteiger partial charge in [-0.15, -0.1) is 0 Å². The topological polar surface area (TPSA) is 32.7 Å². The van der Waals surface area contributed by atoms with Crippen LogP contribution in [0.1, 0.15) is 37.9 Å². The molecule has 1 saturated heterocycles. The SMILES string of the molecule is CC(O)c1cc(Cl)ccc1OCCCN1CCCC1. The molecule has 1 aliphatic rings. The number of likely N-dealkylation sites (tertiary alicyclic amines) is 1. The molecule has 0 radical (unpaired) electrons. The Labute approximate surface area is 120 Å². The van der Waals surface area contributed by atoms with Crippen LogP contribution in [-0.4, -0.2) is 36.2 Å². The third-order valence-electron chi connectivity index (χ3n) is 3.50. The number of ether oxygens (including phenoxy) is 1. The number of nitrogens with zero attached hydrogens (tertiary/aromatic N) is 1. The third-order valence-corrected chi connectivity index (χ3v) is 3.73. The van der Waals surface area contributed by atoms with Crippen LogP contribution in [0.4, 0.5) is 0 Å². The van der Waals surface area contributed by atoms with E-state index in [-0.39, 0.29) is 0 Å². The van der Waals surface area contributed by atoms with Crippen molar-refractivity contribution in [2.45, 2.75) is 32.3 Å². The van der Waals surface area contributed by atoms with E-state index in [4.69, 9.17) is 16.3 Å². The highest BCUT2D eigenvalue weighted by atomic mass is 35.5. The van der Waals surface area contributed by atoms with Gasteiger partial charge in [0.05, 0.1) is 12.7 Å². The zero-order valence-corrected chi connectivity index (χ0v) is 12.2. The molecule has 1 fully saturated rings. The van der Waals surface area contributed by atoms with E-state index in [1.165, 1.54) is 25.9 Å². The van der Waals surface area contributed by atoms with Gasteiger partial charge in [-0.1, -0.05) is 11.6 Å². The number of hydrogen-bond acceptors (Lipinski definition) is 3. The van der Waals surface area contributed by atoms with Crippen molar-refractivity contribution in [3.8, 4) is 5.75 Å². The van der Waals surface area contributed by atoms with Gasteiger partial charge < -0.3 is 14.7 Å². The van der Waals surface area contributed by atoms with Gasteiger partial charge in [0.2, 0.25) is 0 Å². The first-order valence-electron chi connectivity index (χ1n) is 6.99. The summed E-state index contributed by atoms with van der Waals surface area (Å²) in [5, 5.41) is 10.3. The van der Waals surface area contributed by atoms with Crippen molar-refractivity contribution in [1.29, 1.82) is 0 Å². The lowest BCUT2D eigenvalue weighted by molar-refractivity contribution is 0.189. The zero-order chi connectivity index (χ0) is 13.7. The molecule has 0 aromatic heterocycles. The quantitative estimate of drug-likeness (QED) is 0.814. The summed E-state index contributed by atoms with van der Waals surface area (Å²) in [6.45, 7) is 5.94. The minimum atomic E-state index is -0.563. The fourth-order valence-corrected chi connectivity index (χ4v) is 2.63. The second-order valence-electron chi connectivity index (χ2n) is 5.11. The van der Waals surface area contributed by atoms with Crippen molar-refractivity contribution in [2.75, 3.05) is 26.2 Å². The molecule has 0 saturated carbocycles. The van der Waals surface area contributed by atoms with Crippen molar-refractivity contribution in [3.63, 3.8) is 0 Å². The van der Waals surface area contributed by atoms with E-state index in [1.807, 2.05) is 6.07 Å². The first kappa shape index (κ1) is 14.6. The number of benzene rings is 1. The van der Waals surface area contributed by atoms with Crippen LogP contribution in [0.3, 0.4) is 0 Å². The average Bonchev–Trinajstić information content (AvgIpc) is 2.89. The predicted molar refractivity (Wildman–Crippen MR) is 77.9 cm³/mol. The number of aliphatic hydroxyl groups is 1. The van der Waals surface area contributed by atoms with Gasteiger partial charge in [-0.3, -0.25) is 0 Å². The highest BCUT2D eigenvalue weighted by Gasteiger charge is 2.12. The highest BCUT2D eigenvalue weighted by Crippen LogP contribution is 2.28. The van der Waals surface area contributed by atoms with Crippen LogP contribution in [0.5, 0.6) is 5.75 Å². The molecule has 19 heavy (non-hydrogen) atoms. The van der Waals surface area contributed by atoms with Gasteiger partial charge in [0.15, 0.2) is 0 Å². The fraction of sp³-hybridized carbons (Fsp3) is 0.600. The van der Waals surface area contributed by atoms with Gasteiger partial charge >= 0.3 is 0 Å². The van der Waals surface area contributed by atoms with Crippen LogP contribution in [0.15, 0.2) is 18.2 Å². The van der Waals surface area contributed by atoms with E-state index < -0.39 is 6.10 Å². The summed E-state index contributed by atoms with van der Waals surface area (Å²) in [7, 11) is 0. The number of aliphatic hydroxyl groups excluding tert-OH is 1. The van der Waals surface area contributed by atoms with E-state index in [0.29, 0.717) is 11.6 Å². The molecule has 1 aliphatic heterocycles. The van der Waals surface area contributed by atoms with Crippen LogP contribution >= 0.6 is 11.6 Å². The number of rotatable bonds is 6. The smallest absolute Gasteiger partial charge is 0.125 e. The Hall–Kier alpha value is -0.770. The molecule has 2 rings (SSSR count). The Morgan fingerprint density at radius 2 is 2.11 bits per heavy atom. The summed E-state index contributed by atoms with van der Waals surface area (Å²) in [6, 6.07) is 5.39. The molecule has 1 aromatic rings. The Morgan fingerprint density at radius 1 is 1.37 bits per heavy atom. The molecule has 1 atom stereocenters. The molecule has 3 nitrogen and oxygen atoms in total. The van der Waals surface area contributed by atoms with E-state index >= 15 is 0 Å². The second-order valence-corrected chi connectivity index (χ2v) is 5.55. The summed E-state index contributed by atoms with van der Waals surface area (Å²) in [5.74, 6) is 0.737. The molecule has 0 aliphatic carbocycles. The average molecular weight is 284 g/mol. The molecular formula is C15H22ClNO2. The van der Waals surface area contributed by atoms with E-state index in [2.05, 4.69) is 4.90 Å². The maximum absolute atomic E-state index is 9.71. The van der Waals surface area contributed by atoms with Crippen LogP contribution in [-0.2, 0) is 0 Å². The zero-order valence-electron chi connectivity index (χ0n) is 11.4. The number of hydrogen-bond donors (Lipinski definition) is 1. The molecular weight excluding hydrogens is 262 g/mol. The summed E-state index contributed by atoms with van der Waals surface area (Å²) in [4.78, 5) is 2.47. The summed E-state index contributed by atoms with van der Waals surface area (Å²) >= 11 is 5.93. The van der Waals surface area contributed by atoms with Crippen molar-refractivity contribution in [2.24, 2.45) is 0 Å². The van der Waals surface area contributed by atoms with Crippen molar-refractivity contribution < 1.29 is 9.84 Å². The van der Waals surface area contributed by atoms with Crippen LogP contribution in [0.25, 0.3) is 0 Å². The lowest BCUT2D eigenvalue weighted by Crippen LogP contribution is -2.22. The molecule has 1 heterocycles. The molecule has 1 aromatic carbocycles. The third kappa shape index (κ3) is 4.37. The molecule has 0 spiro atoms. The lowest BCUT2D eigenvalue weighted by Gasteiger charge is -2.16. The van der Waals surface area contributed by atoms with Crippen molar-refractivity contribution in [3.05, 3.63) is 28.8 Å². The molecule has 106 valence electrons. The fourth-order valence-electron chi connectivity index (χ4n) is 2.45. The summed E-state index contributed by atoms with van der Waals surface area (Å²) in [5.41, 5.74) is 0.758. The minimum Gasteiger partial charge on any atom is -0.493 e.